The van der Waals surface area contributed by atoms with Crippen LogP contribution in [-0.4, -0.2) is 10.0 Å². The van der Waals surface area contributed by atoms with Gasteiger partial charge < -0.3 is 5.11 Å². The summed E-state index contributed by atoms with van der Waals surface area (Å²) in [5.74, 6) is -0.00136. The van der Waals surface area contributed by atoms with Crippen molar-refractivity contribution in [3.8, 4) is 5.75 Å². The van der Waals surface area contributed by atoms with E-state index in [1.165, 1.54) is 6.07 Å². The topological polar surface area (TPSA) is 88.1 Å². The van der Waals surface area contributed by atoms with Crippen molar-refractivity contribution in [1.29, 1.82) is 0 Å². The Morgan fingerprint density at radius 1 is 0.667 bits per heavy atom. The fourth-order valence-corrected chi connectivity index (χ4v) is 4.40. The van der Waals surface area contributed by atoms with Crippen LogP contribution in [0.5, 0.6) is 5.75 Å². The molecule has 0 saturated heterocycles. The first-order valence-corrected chi connectivity index (χ1v) is 11.8. The molecule has 0 aromatic heterocycles. The van der Waals surface area contributed by atoms with Crippen LogP contribution in [0.2, 0.25) is 0 Å². The molecule has 0 aliphatic carbocycles. The fourth-order valence-electron chi connectivity index (χ4n) is 4.40. The third-order valence-corrected chi connectivity index (χ3v) is 6.84. The van der Waals surface area contributed by atoms with Gasteiger partial charge >= 0.3 is 0 Å². The second kappa shape index (κ2) is 9.74. The summed E-state index contributed by atoms with van der Waals surface area (Å²) >= 11 is 0. The van der Waals surface area contributed by atoms with Crippen LogP contribution in [-0.2, 0) is 10.8 Å². The molecule has 0 aliphatic rings. The molecule has 4 aromatic rings. The zero-order chi connectivity index (χ0) is 25.9. The van der Waals surface area contributed by atoms with E-state index in [-0.39, 0.29) is 22.8 Å². The molecule has 0 amide bonds. The number of para-hydroxylation sites is 1. The number of rotatable bonds is 7. The summed E-state index contributed by atoms with van der Waals surface area (Å²) in [6, 6.07) is 30.1. The van der Waals surface area contributed by atoms with E-state index in [0.717, 1.165) is 16.7 Å². The Hall–Kier alpha value is -4.32. The van der Waals surface area contributed by atoms with E-state index in [0.29, 0.717) is 5.56 Å². The monoisotopic (exact) mass is 479 g/mol. The standard InChI is InChI=1S/C30H29N3O3/c1-29(2,21-12-7-5-8-13-21)23-18-19-27(33(35)36)26(20-23)32-31-25-17-11-16-24(28(25)34)30(3,4)22-14-9-6-10-15-22/h5-20,34H,1-4H3/b32-31+. The van der Waals surface area contributed by atoms with Gasteiger partial charge in [-0.2, -0.15) is 0 Å². The minimum atomic E-state index is -0.484. The number of nitrogens with zero attached hydrogens (tertiary/aromatic N) is 3. The average Bonchev–Trinajstić information content (AvgIpc) is 2.88. The number of azo groups is 1. The van der Waals surface area contributed by atoms with Crippen LogP contribution in [0, 0.1) is 10.1 Å². The Bertz CT molecular complexity index is 1410. The van der Waals surface area contributed by atoms with Crippen molar-refractivity contribution < 1.29 is 10.0 Å². The van der Waals surface area contributed by atoms with Crippen LogP contribution in [0.1, 0.15) is 49.9 Å². The van der Waals surface area contributed by atoms with E-state index >= 15 is 0 Å². The number of nitro benzene ring substituents is 1. The molecule has 1 N–H and O–H groups in total. The Balaban J connectivity index is 1.75. The fraction of sp³-hybridized carbons (Fsp3) is 0.200. The van der Waals surface area contributed by atoms with Crippen LogP contribution in [0.4, 0.5) is 17.1 Å². The van der Waals surface area contributed by atoms with Gasteiger partial charge in [-0.3, -0.25) is 10.1 Å². The van der Waals surface area contributed by atoms with E-state index in [9.17, 15) is 15.2 Å². The summed E-state index contributed by atoms with van der Waals surface area (Å²) in [5, 5.41) is 31.3. The maximum atomic E-state index is 11.7. The van der Waals surface area contributed by atoms with Crippen molar-refractivity contribution >= 4 is 17.1 Å². The van der Waals surface area contributed by atoms with Crippen molar-refractivity contribution in [3.05, 3.63) is 129 Å². The van der Waals surface area contributed by atoms with Crippen LogP contribution in [0.25, 0.3) is 0 Å². The van der Waals surface area contributed by atoms with Gasteiger partial charge in [-0.15, -0.1) is 10.2 Å². The van der Waals surface area contributed by atoms with Gasteiger partial charge in [0, 0.05) is 22.5 Å². The average molecular weight is 480 g/mol. The lowest BCUT2D eigenvalue weighted by Crippen LogP contribution is -2.18. The summed E-state index contributed by atoms with van der Waals surface area (Å²) in [6.45, 7) is 8.17. The molecular formula is C30H29N3O3. The normalized spacial score (nSPS) is 12.1. The molecule has 0 bridgehead atoms. The van der Waals surface area contributed by atoms with Gasteiger partial charge in [0.15, 0.2) is 5.69 Å². The molecule has 4 aromatic carbocycles. The molecule has 0 atom stereocenters. The molecule has 0 aliphatic heterocycles. The van der Waals surface area contributed by atoms with Gasteiger partial charge in [-0.05, 0) is 28.8 Å². The van der Waals surface area contributed by atoms with Crippen LogP contribution in [0.15, 0.2) is 107 Å². The summed E-state index contributed by atoms with van der Waals surface area (Å²) in [7, 11) is 0. The molecule has 0 heterocycles. The second-order valence-electron chi connectivity index (χ2n) is 9.82. The zero-order valence-electron chi connectivity index (χ0n) is 20.8. The van der Waals surface area contributed by atoms with Gasteiger partial charge in [0.05, 0.1) is 4.92 Å². The number of hydrogen-bond acceptors (Lipinski definition) is 5. The lowest BCUT2D eigenvalue weighted by Gasteiger charge is -2.27. The minimum absolute atomic E-state index is 0.00136. The smallest absolute Gasteiger partial charge is 0.296 e. The maximum absolute atomic E-state index is 11.7. The molecule has 36 heavy (non-hydrogen) atoms. The van der Waals surface area contributed by atoms with Gasteiger partial charge in [0.25, 0.3) is 5.69 Å². The van der Waals surface area contributed by atoms with Gasteiger partial charge in [-0.25, -0.2) is 0 Å². The highest BCUT2D eigenvalue weighted by Gasteiger charge is 2.28. The minimum Gasteiger partial charge on any atom is -0.505 e. The SMILES string of the molecule is CC(C)(c1ccccc1)c1ccc([N+](=O)[O-])c(/N=N/c2cccc(C(C)(C)c3ccccc3)c2O)c1. The molecule has 0 unspecified atom stereocenters. The van der Waals surface area contributed by atoms with Crippen molar-refractivity contribution in [2.24, 2.45) is 10.2 Å². The zero-order valence-corrected chi connectivity index (χ0v) is 20.8. The molecule has 0 radical (unpaired) electrons. The highest BCUT2D eigenvalue weighted by molar-refractivity contribution is 5.62. The maximum Gasteiger partial charge on any atom is 0.296 e. The van der Waals surface area contributed by atoms with E-state index < -0.39 is 15.8 Å². The molecule has 0 saturated carbocycles. The summed E-state index contributed by atoms with van der Waals surface area (Å²) in [6.07, 6.45) is 0. The largest absolute Gasteiger partial charge is 0.505 e. The predicted molar refractivity (Wildman–Crippen MR) is 143 cm³/mol. The van der Waals surface area contributed by atoms with Crippen molar-refractivity contribution in [1.82, 2.24) is 0 Å². The third kappa shape index (κ3) is 4.75. The summed E-state index contributed by atoms with van der Waals surface area (Å²) < 4.78 is 0. The summed E-state index contributed by atoms with van der Waals surface area (Å²) in [4.78, 5) is 11.3. The van der Waals surface area contributed by atoms with Gasteiger partial charge in [-0.1, -0.05) is 107 Å². The lowest BCUT2D eigenvalue weighted by molar-refractivity contribution is -0.384. The number of nitro groups is 1. The van der Waals surface area contributed by atoms with E-state index in [1.54, 1.807) is 24.3 Å². The van der Waals surface area contributed by atoms with Gasteiger partial charge in [0.1, 0.15) is 11.4 Å². The summed E-state index contributed by atoms with van der Waals surface area (Å²) in [5.41, 5.74) is 3.04. The Morgan fingerprint density at radius 3 is 1.81 bits per heavy atom. The molecule has 0 fully saturated rings. The van der Waals surface area contributed by atoms with Crippen molar-refractivity contribution in [2.75, 3.05) is 0 Å². The van der Waals surface area contributed by atoms with Crippen LogP contribution >= 0.6 is 0 Å². The first-order chi connectivity index (χ1) is 17.1. The molecular weight excluding hydrogens is 450 g/mol. The molecule has 4 rings (SSSR count). The Morgan fingerprint density at radius 2 is 1.22 bits per heavy atom. The number of benzene rings is 4. The van der Waals surface area contributed by atoms with E-state index in [2.05, 4.69) is 24.1 Å². The first-order valence-electron chi connectivity index (χ1n) is 11.8. The third-order valence-electron chi connectivity index (χ3n) is 6.84. The number of aromatic hydroxyl groups is 1. The Labute approximate surface area is 211 Å². The van der Waals surface area contributed by atoms with E-state index in [4.69, 9.17) is 0 Å². The molecule has 0 spiro atoms. The number of phenolic OH excluding ortho intramolecular Hbond substituents is 1. The van der Waals surface area contributed by atoms with Crippen molar-refractivity contribution in [2.45, 2.75) is 38.5 Å². The Kier molecular flexibility index (Phi) is 6.71. The predicted octanol–water partition coefficient (Wildman–Crippen LogP) is 8.37. The number of hydrogen-bond donors (Lipinski definition) is 1. The lowest BCUT2D eigenvalue weighted by atomic mass is 9.77. The quantitative estimate of drug-likeness (QED) is 0.164. The van der Waals surface area contributed by atoms with Gasteiger partial charge in [0.2, 0.25) is 0 Å². The van der Waals surface area contributed by atoms with Crippen LogP contribution < -0.4 is 0 Å². The molecule has 6 nitrogen and oxygen atoms in total. The van der Waals surface area contributed by atoms with Crippen molar-refractivity contribution in [3.63, 3.8) is 0 Å². The molecule has 6 heteroatoms. The van der Waals surface area contributed by atoms with Crippen LogP contribution in [0.3, 0.4) is 0 Å². The molecule has 182 valence electrons. The highest BCUT2D eigenvalue weighted by Crippen LogP contribution is 2.43. The highest BCUT2D eigenvalue weighted by atomic mass is 16.6. The number of phenols is 1. The van der Waals surface area contributed by atoms with E-state index in [1.807, 2.05) is 80.6 Å². The first kappa shape index (κ1) is 24.8. The second-order valence-corrected chi connectivity index (χ2v) is 9.82.